The molecule has 0 fully saturated rings. The van der Waals surface area contributed by atoms with E-state index in [1.807, 2.05) is 6.92 Å². The predicted molar refractivity (Wildman–Crippen MR) is 67.6 cm³/mol. The highest BCUT2D eigenvalue weighted by atomic mass is 16.5. The highest BCUT2D eigenvalue weighted by Gasteiger charge is 2.13. The number of anilines is 2. The molecule has 5 heteroatoms. The summed E-state index contributed by atoms with van der Waals surface area (Å²) in [5.74, 6) is -0.947. The standard InChI is InChI=1S/C12H18N2O3/c1-3-8-9(12(15)16)4-5-10(11(8)13)14-6-7-17-2/h4-5,14H,3,6-7,13H2,1-2H3,(H,15,16). The number of nitrogen functional groups attached to an aromatic ring is 1. The van der Waals surface area contributed by atoms with E-state index in [-0.39, 0.29) is 5.56 Å². The van der Waals surface area contributed by atoms with E-state index in [1.165, 1.54) is 0 Å². The Morgan fingerprint density at radius 2 is 2.24 bits per heavy atom. The van der Waals surface area contributed by atoms with Gasteiger partial charge in [-0.2, -0.15) is 0 Å². The van der Waals surface area contributed by atoms with Crippen LogP contribution >= 0.6 is 0 Å². The summed E-state index contributed by atoms with van der Waals surface area (Å²) >= 11 is 0. The molecule has 0 heterocycles. The Morgan fingerprint density at radius 3 is 2.76 bits per heavy atom. The van der Waals surface area contributed by atoms with Crippen LogP contribution in [0, 0.1) is 0 Å². The summed E-state index contributed by atoms with van der Waals surface area (Å²) in [7, 11) is 1.62. The number of aromatic carboxylic acids is 1. The van der Waals surface area contributed by atoms with E-state index in [2.05, 4.69) is 5.32 Å². The third-order valence-corrected chi connectivity index (χ3v) is 2.56. The van der Waals surface area contributed by atoms with Gasteiger partial charge in [0.05, 0.1) is 23.5 Å². The number of carboxylic acids is 1. The molecule has 0 amide bonds. The molecule has 0 aliphatic rings. The molecule has 1 rings (SSSR count). The van der Waals surface area contributed by atoms with Crippen molar-refractivity contribution in [2.24, 2.45) is 0 Å². The van der Waals surface area contributed by atoms with Gasteiger partial charge in [-0.1, -0.05) is 6.92 Å². The molecule has 0 spiro atoms. The van der Waals surface area contributed by atoms with Gasteiger partial charge in [0.15, 0.2) is 0 Å². The summed E-state index contributed by atoms with van der Waals surface area (Å²) in [5, 5.41) is 12.1. The van der Waals surface area contributed by atoms with Crippen molar-refractivity contribution in [1.29, 1.82) is 0 Å². The molecule has 1 aromatic rings. The number of hydrogen-bond donors (Lipinski definition) is 3. The number of carboxylic acid groups (broad SMARTS) is 1. The second-order valence-corrected chi connectivity index (χ2v) is 3.63. The van der Waals surface area contributed by atoms with Crippen LogP contribution in [-0.2, 0) is 11.2 Å². The number of nitrogens with one attached hydrogen (secondary N) is 1. The molecule has 1 aromatic carbocycles. The lowest BCUT2D eigenvalue weighted by Gasteiger charge is -2.14. The predicted octanol–water partition coefficient (Wildman–Crippen LogP) is 1.59. The van der Waals surface area contributed by atoms with Crippen LogP contribution in [0.25, 0.3) is 0 Å². The van der Waals surface area contributed by atoms with Crippen molar-refractivity contribution in [2.75, 3.05) is 31.3 Å². The van der Waals surface area contributed by atoms with Gasteiger partial charge < -0.3 is 20.9 Å². The van der Waals surface area contributed by atoms with E-state index in [0.29, 0.717) is 30.8 Å². The lowest BCUT2D eigenvalue weighted by atomic mass is 10.0. The average Bonchev–Trinajstić information content (AvgIpc) is 2.30. The van der Waals surface area contributed by atoms with Gasteiger partial charge in [-0.05, 0) is 24.1 Å². The van der Waals surface area contributed by atoms with Gasteiger partial charge >= 0.3 is 5.97 Å². The Bertz CT molecular complexity index is 405. The largest absolute Gasteiger partial charge is 0.478 e. The fourth-order valence-electron chi connectivity index (χ4n) is 1.69. The third-order valence-electron chi connectivity index (χ3n) is 2.56. The van der Waals surface area contributed by atoms with Crippen LogP contribution in [-0.4, -0.2) is 31.3 Å². The van der Waals surface area contributed by atoms with Crippen molar-refractivity contribution in [3.8, 4) is 0 Å². The molecule has 0 aliphatic carbocycles. The van der Waals surface area contributed by atoms with E-state index < -0.39 is 5.97 Å². The molecule has 0 unspecified atom stereocenters. The van der Waals surface area contributed by atoms with E-state index in [1.54, 1.807) is 19.2 Å². The normalized spacial score (nSPS) is 10.2. The van der Waals surface area contributed by atoms with E-state index >= 15 is 0 Å². The Morgan fingerprint density at radius 1 is 1.53 bits per heavy atom. The van der Waals surface area contributed by atoms with E-state index in [4.69, 9.17) is 15.6 Å². The Kier molecular flexibility index (Phi) is 4.78. The van der Waals surface area contributed by atoms with Crippen LogP contribution in [0.15, 0.2) is 12.1 Å². The molecule has 0 bridgehead atoms. The minimum Gasteiger partial charge on any atom is -0.478 e. The fraction of sp³-hybridized carbons (Fsp3) is 0.417. The fourth-order valence-corrected chi connectivity index (χ4v) is 1.69. The minimum atomic E-state index is -0.947. The molecular formula is C12H18N2O3. The summed E-state index contributed by atoms with van der Waals surface area (Å²) in [6, 6.07) is 3.26. The zero-order valence-electron chi connectivity index (χ0n) is 10.1. The molecule has 0 saturated carbocycles. The summed E-state index contributed by atoms with van der Waals surface area (Å²) < 4.78 is 4.92. The number of ether oxygens (including phenoxy) is 1. The van der Waals surface area contributed by atoms with Crippen molar-refractivity contribution in [1.82, 2.24) is 0 Å². The Hall–Kier alpha value is -1.75. The smallest absolute Gasteiger partial charge is 0.336 e. The first-order chi connectivity index (χ1) is 8.11. The topological polar surface area (TPSA) is 84.6 Å². The van der Waals surface area contributed by atoms with Crippen LogP contribution in [0.2, 0.25) is 0 Å². The van der Waals surface area contributed by atoms with Gasteiger partial charge in [-0.25, -0.2) is 4.79 Å². The summed E-state index contributed by atoms with van der Waals surface area (Å²) in [6.45, 7) is 3.09. The lowest BCUT2D eigenvalue weighted by molar-refractivity contribution is 0.0696. The first-order valence-corrected chi connectivity index (χ1v) is 5.49. The number of nitrogens with two attached hydrogens (primary N) is 1. The quantitative estimate of drug-likeness (QED) is 0.517. The lowest BCUT2D eigenvalue weighted by Crippen LogP contribution is -2.12. The SMILES string of the molecule is CCc1c(C(=O)O)ccc(NCCOC)c1N. The Balaban J connectivity index is 2.98. The molecule has 17 heavy (non-hydrogen) atoms. The highest BCUT2D eigenvalue weighted by Crippen LogP contribution is 2.26. The molecule has 94 valence electrons. The van der Waals surface area contributed by atoms with Gasteiger partial charge in [-0.3, -0.25) is 0 Å². The maximum absolute atomic E-state index is 11.0. The zero-order valence-corrected chi connectivity index (χ0v) is 10.1. The number of rotatable bonds is 6. The summed E-state index contributed by atoms with van der Waals surface area (Å²) in [6.07, 6.45) is 0.591. The summed E-state index contributed by atoms with van der Waals surface area (Å²) in [5.41, 5.74) is 8.14. The molecular weight excluding hydrogens is 220 g/mol. The molecule has 0 saturated heterocycles. The molecule has 0 radical (unpaired) electrons. The van der Waals surface area contributed by atoms with Crippen LogP contribution in [0.4, 0.5) is 11.4 Å². The Labute approximate surface area is 101 Å². The second kappa shape index (κ2) is 6.10. The highest BCUT2D eigenvalue weighted by molar-refractivity contribution is 5.93. The van der Waals surface area contributed by atoms with Crippen molar-refractivity contribution in [2.45, 2.75) is 13.3 Å². The number of benzene rings is 1. The number of carbonyl (C=O) groups is 1. The maximum atomic E-state index is 11.0. The van der Waals surface area contributed by atoms with Crippen molar-refractivity contribution >= 4 is 17.3 Å². The van der Waals surface area contributed by atoms with Crippen LogP contribution < -0.4 is 11.1 Å². The molecule has 0 aromatic heterocycles. The first kappa shape index (κ1) is 13.3. The van der Waals surface area contributed by atoms with Gasteiger partial charge in [0, 0.05) is 13.7 Å². The molecule has 0 atom stereocenters. The van der Waals surface area contributed by atoms with Gasteiger partial charge in [0.25, 0.3) is 0 Å². The molecule has 0 aliphatic heterocycles. The van der Waals surface area contributed by atoms with Crippen molar-refractivity contribution in [3.05, 3.63) is 23.3 Å². The van der Waals surface area contributed by atoms with Crippen LogP contribution in [0.3, 0.4) is 0 Å². The van der Waals surface area contributed by atoms with Crippen LogP contribution in [0.1, 0.15) is 22.8 Å². The average molecular weight is 238 g/mol. The van der Waals surface area contributed by atoms with E-state index in [0.717, 1.165) is 5.69 Å². The minimum absolute atomic E-state index is 0.266. The van der Waals surface area contributed by atoms with Crippen LogP contribution in [0.5, 0.6) is 0 Å². The van der Waals surface area contributed by atoms with E-state index in [9.17, 15) is 4.79 Å². The molecule has 5 nitrogen and oxygen atoms in total. The monoisotopic (exact) mass is 238 g/mol. The second-order valence-electron chi connectivity index (χ2n) is 3.63. The third kappa shape index (κ3) is 3.10. The van der Waals surface area contributed by atoms with Crippen molar-refractivity contribution in [3.63, 3.8) is 0 Å². The zero-order chi connectivity index (χ0) is 12.8. The van der Waals surface area contributed by atoms with Gasteiger partial charge in [0.2, 0.25) is 0 Å². The summed E-state index contributed by atoms with van der Waals surface area (Å²) in [4.78, 5) is 11.0. The number of hydrogen-bond acceptors (Lipinski definition) is 4. The van der Waals surface area contributed by atoms with Crippen molar-refractivity contribution < 1.29 is 14.6 Å². The molecule has 4 N–H and O–H groups in total. The maximum Gasteiger partial charge on any atom is 0.336 e. The first-order valence-electron chi connectivity index (χ1n) is 5.49. The van der Waals surface area contributed by atoms with Gasteiger partial charge in [-0.15, -0.1) is 0 Å². The number of methoxy groups -OCH3 is 1. The van der Waals surface area contributed by atoms with Gasteiger partial charge in [0.1, 0.15) is 0 Å².